The van der Waals surface area contributed by atoms with E-state index in [-0.39, 0.29) is 31.6 Å². The fourth-order valence-electron chi connectivity index (χ4n) is 6.48. The summed E-state index contributed by atoms with van der Waals surface area (Å²) in [7, 11) is 0. The molecule has 68 heavy (non-hydrogen) atoms. The molecule has 0 aromatic heterocycles. The number of carbonyl (C=O) groups is 3. The van der Waals surface area contributed by atoms with Gasteiger partial charge in [0.05, 0.1) is 0 Å². The third kappa shape index (κ3) is 52.0. The smallest absolute Gasteiger partial charge is 0.306 e. The minimum Gasteiger partial charge on any atom is -0.462 e. The number of rotatable bonds is 45. The maximum Gasteiger partial charge on any atom is 0.306 e. The van der Waals surface area contributed by atoms with Crippen LogP contribution < -0.4 is 0 Å². The molecule has 0 aliphatic rings. The van der Waals surface area contributed by atoms with Gasteiger partial charge in [0.25, 0.3) is 0 Å². The zero-order valence-electron chi connectivity index (χ0n) is 43.0. The van der Waals surface area contributed by atoms with Crippen LogP contribution in [-0.2, 0) is 28.6 Å². The van der Waals surface area contributed by atoms with Crippen molar-refractivity contribution >= 4 is 17.9 Å². The Bertz CT molecular complexity index is 1590. The van der Waals surface area contributed by atoms with Crippen LogP contribution in [0.25, 0.3) is 0 Å². The van der Waals surface area contributed by atoms with Gasteiger partial charge in [0.15, 0.2) is 6.10 Å². The predicted octanol–water partition coefficient (Wildman–Crippen LogP) is 17.8. The van der Waals surface area contributed by atoms with Crippen molar-refractivity contribution in [2.45, 2.75) is 200 Å². The third-order valence-corrected chi connectivity index (χ3v) is 10.4. The van der Waals surface area contributed by atoms with E-state index in [1.54, 1.807) is 0 Å². The fraction of sp³-hybridized carbons (Fsp3) is 0.532. The largest absolute Gasteiger partial charge is 0.462 e. The fourth-order valence-corrected chi connectivity index (χ4v) is 6.48. The number of unbranched alkanes of at least 4 members (excludes halogenated alkanes) is 12. The van der Waals surface area contributed by atoms with E-state index in [1.807, 2.05) is 48.6 Å². The van der Waals surface area contributed by atoms with Gasteiger partial charge in [0, 0.05) is 19.3 Å². The Balaban J connectivity index is 4.61. The lowest BCUT2D eigenvalue weighted by atomic mass is 10.1. The molecule has 0 aromatic carbocycles. The van der Waals surface area contributed by atoms with Crippen LogP contribution in [0.1, 0.15) is 194 Å². The Morgan fingerprint density at radius 2 is 0.662 bits per heavy atom. The molecule has 0 rings (SSSR count). The summed E-state index contributed by atoms with van der Waals surface area (Å²) in [4.78, 5) is 38.0. The quantitative estimate of drug-likeness (QED) is 0.0199. The van der Waals surface area contributed by atoms with E-state index in [2.05, 4.69) is 130 Å². The van der Waals surface area contributed by atoms with Gasteiger partial charge in [-0.05, 0) is 103 Å². The first kappa shape index (κ1) is 63.0. The molecule has 0 aliphatic heterocycles. The summed E-state index contributed by atoms with van der Waals surface area (Å²) < 4.78 is 16.7. The average molecular weight is 935 g/mol. The monoisotopic (exact) mass is 935 g/mol. The maximum absolute atomic E-state index is 12.8. The lowest BCUT2D eigenvalue weighted by Crippen LogP contribution is -2.30. The summed E-state index contributed by atoms with van der Waals surface area (Å²) in [5.74, 6) is -1.06. The topological polar surface area (TPSA) is 78.9 Å². The van der Waals surface area contributed by atoms with Crippen molar-refractivity contribution in [3.8, 4) is 0 Å². The van der Waals surface area contributed by atoms with Gasteiger partial charge in [-0.1, -0.05) is 230 Å². The second kappa shape index (κ2) is 54.6. The van der Waals surface area contributed by atoms with Crippen LogP contribution in [0.3, 0.4) is 0 Å². The van der Waals surface area contributed by atoms with Crippen molar-refractivity contribution in [2.75, 3.05) is 13.2 Å². The van der Waals surface area contributed by atoms with Gasteiger partial charge in [0.1, 0.15) is 13.2 Å². The molecule has 378 valence electrons. The second-order valence-electron chi connectivity index (χ2n) is 16.8. The predicted molar refractivity (Wildman–Crippen MR) is 292 cm³/mol. The number of hydrogen-bond acceptors (Lipinski definition) is 6. The average Bonchev–Trinajstić information content (AvgIpc) is 3.34. The first-order valence-corrected chi connectivity index (χ1v) is 26.6. The highest BCUT2D eigenvalue weighted by Crippen LogP contribution is 2.12. The molecule has 6 heteroatoms. The summed E-state index contributed by atoms with van der Waals surface area (Å²) in [6.45, 7) is 6.20. The Kier molecular flexibility index (Phi) is 50.6. The van der Waals surface area contributed by atoms with Gasteiger partial charge in [-0.15, -0.1) is 0 Å². The number of allylic oxidation sites excluding steroid dienone is 26. The SMILES string of the molecule is CC/C=C\C/C=C\C/C=C\C/C=C\C/C=C\CCC(=O)OC(COC(=O)CCCCCCC\C=C/C=C\C=C/C=C\C=C/CCC)COC(=O)CCCCCCCC/C=C\C/C=C\C/C=C\CC. The molecule has 0 amide bonds. The van der Waals surface area contributed by atoms with Crippen molar-refractivity contribution in [1.29, 1.82) is 0 Å². The van der Waals surface area contributed by atoms with Gasteiger partial charge in [0.2, 0.25) is 0 Å². The summed E-state index contributed by atoms with van der Waals surface area (Å²) in [5, 5.41) is 0. The summed E-state index contributed by atoms with van der Waals surface area (Å²) in [6.07, 6.45) is 79.4. The molecule has 0 saturated heterocycles. The highest BCUT2D eigenvalue weighted by atomic mass is 16.6. The Hall–Kier alpha value is -4.97. The van der Waals surface area contributed by atoms with E-state index in [0.717, 1.165) is 128 Å². The molecule has 0 heterocycles. The number of hydrogen-bond donors (Lipinski definition) is 0. The molecule has 1 unspecified atom stereocenters. The Morgan fingerprint density at radius 1 is 0.324 bits per heavy atom. The molecular formula is C62H94O6. The molecule has 0 saturated carbocycles. The van der Waals surface area contributed by atoms with Crippen LogP contribution in [0.15, 0.2) is 158 Å². The van der Waals surface area contributed by atoms with Crippen LogP contribution in [0, 0.1) is 0 Å². The van der Waals surface area contributed by atoms with Gasteiger partial charge in [-0.2, -0.15) is 0 Å². The summed E-state index contributed by atoms with van der Waals surface area (Å²) >= 11 is 0. The highest BCUT2D eigenvalue weighted by molar-refractivity contribution is 5.71. The van der Waals surface area contributed by atoms with Gasteiger partial charge in [-0.3, -0.25) is 14.4 Å². The van der Waals surface area contributed by atoms with E-state index in [9.17, 15) is 14.4 Å². The first-order chi connectivity index (χ1) is 33.5. The normalized spacial score (nSPS) is 13.4. The first-order valence-electron chi connectivity index (χ1n) is 26.6. The summed E-state index contributed by atoms with van der Waals surface area (Å²) in [6, 6.07) is 0. The third-order valence-electron chi connectivity index (χ3n) is 10.4. The number of ether oxygens (including phenoxy) is 3. The van der Waals surface area contributed by atoms with E-state index in [4.69, 9.17) is 14.2 Å². The highest BCUT2D eigenvalue weighted by Gasteiger charge is 2.19. The number of carbonyl (C=O) groups excluding carboxylic acids is 3. The van der Waals surface area contributed by atoms with E-state index >= 15 is 0 Å². The number of esters is 3. The molecular weight excluding hydrogens is 841 g/mol. The van der Waals surface area contributed by atoms with Crippen LogP contribution in [0.2, 0.25) is 0 Å². The molecule has 0 aromatic rings. The Morgan fingerprint density at radius 3 is 1.09 bits per heavy atom. The molecule has 0 fully saturated rings. The minimum atomic E-state index is -0.842. The molecule has 6 nitrogen and oxygen atoms in total. The van der Waals surface area contributed by atoms with Crippen LogP contribution in [0.5, 0.6) is 0 Å². The zero-order chi connectivity index (χ0) is 49.3. The lowest BCUT2D eigenvalue weighted by molar-refractivity contribution is -0.166. The molecule has 0 aliphatic carbocycles. The van der Waals surface area contributed by atoms with Gasteiger partial charge >= 0.3 is 17.9 Å². The van der Waals surface area contributed by atoms with E-state index < -0.39 is 12.1 Å². The second-order valence-corrected chi connectivity index (χ2v) is 16.8. The molecule has 0 radical (unpaired) electrons. The molecule has 0 spiro atoms. The lowest BCUT2D eigenvalue weighted by Gasteiger charge is -2.18. The van der Waals surface area contributed by atoms with E-state index in [1.165, 1.54) is 19.3 Å². The van der Waals surface area contributed by atoms with Crippen LogP contribution in [0.4, 0.5) is 0 Å². The van der Waals surface area contributed by atoms with Crippen molar-refractivity contribution in [3.05, 3.63) is 158 Å². The van der Waals surface area contributed by atoms with Crippen molar-refractivity contribution in [1.82, 2.24) is 0 Å². The van der Waals surface area contributed by atoms with Crippen LogP contribution in [-0.4, -0.2) is 37.2 Å². The van der Waals surface area contributed by atoms with Gasteiger partial charge < -0.3 is 14.2 Å². The maximum atomic E-state index is 12.8. The molecule has 0 bridgehead atoms. The van der Waals surface area contributed by atoms with Crippen molar-refractivity contribution in [3.63, 3.8) is 0 Å². The summed E-state index contributed by atoms with van der Waals surface area (Å²) in [5.41, 5.74) is 0. The van der Waals surface area contributed by atoms with Crippen molar-refractivity contribution in [2.24, 2.45) is 0 Å². The zero-order valence-corrected chi connectivity index (χ0v) is 43.0. The standard InChI is InChI=1S/C62H94O6/c1-4-7-10-13-16-19-22-25-28-31-32-35-37-40-43-46-49-52-55-61(64)67-58-59(68-62(65)56-53-50-47-44-41-38-34-30-27-24-21-18-15-12-9-6-3)57-66-60(63)54-51-48-45-42-39-36-33-29-26-23-20-17-14-11-8-5-2/h8-13,16-22,25-32,35,38,41,47,50,59H,4-7,14-15,23-24,33-34,36-37,39-40,42-46,48-49,51-58H2,1-3H3/b11-8-,12-9-,13-10-,19-16-,20-17-,21-18-,25-22-,29-26-,30-27-,31-28-,35-32-,41-38-,50-47-. The molecule has 1 atom stereocenters. The molecule has 0 N–H and O–H groups in total. The van der Waals surface area contributed by atoms with Crippen LogP contribution >= 0.6 is 0 Å². The van der Waals surface area contributed by atoms with E-state index in [0.29, 0.717) is 19.3 Å². The van der Waals surface area contributed by atoms with Gasteiger partial charge in [-0.25, -0.2) is 0 Å². The van der Waals surface area contributed by atoms with Crippen molar-refractivity contribution < 1.29 is 28.6 Å². The minimum absolute atomic E-state index is 0.131. The Labute approximate surface area is 416 Å².